The molecule has 1 aliphatic rings. The van der Waals surface area contributed by atoms with Crippen molar-refractivity contribution in [2.24, 2.45) is 0 Å². The van der Waals surface area contributed by atoms with E-state index in [1.807, 2.05) is 41.5 Å². The van der Waals surface area contributed by atoms with Gasteiger partial charge in [0.1, 0.15) is 65.3 Å². The smallest absolute Gasteiger partial charge is 0.401 e. The normalized spacial score (nSPS) is 13.9. The number of halogens is 7. The Balaban J connectivity index is 0.000000240. The summed E-state index contributed by atoms with van der Waals surface area (Å²) in [5.74, 6) is -1.19. The zero-order chi connectivity index (χ0) is 64.3. The zero-order valence-electron chi connectivity index (χ0n) is 51.3. The molecule has 0 spiro atoms. The lowest BCUT2D eigenvalue weighted by atomic mass is 10.1. The first-order chi connectivity index (χ1) is 41.1. The van der Waals surface area contributed by atoms with E-state index in [2.05, 4.69) is 84.7 Å². The van der Waals surface area contributed by atoms with E-state index in [1.165, 1.54) is 51.0 Å². The van der Waals surface area contributed by atoms with Crippen LogP contribution >= 0.6 is 0 Å². The minimum absolute atomic E-state index is 0.00560. The summed E-state index contributed by atoms with van der Waals surface area (Å²) in [6.45, 7) is 19.3. The van der Waals surface area contributed by atoms with Crippen molar-refractivity contribution in [1.82, 2.24) is 69.5 Å². The molecule has 0 atom stereocenters. The van der Waals surface area contributed by atoms with Gasteiger partial charge >= 0.3 is 19.4 Å². The molecule has 88 heavy (non-hydrogen) atoms. The lowest BCUT2D eigenvalue weighted by Gasteiger charge is -2.35. The van der Waals surface area contributed by atoms with Gasteiger partial charge in [-0.3, -0.25) is 29.1 Å². The predicted molar refractivity (Wildman–Crippen MR) is 324 cm³/mol. The molecule has 8 aromatic rings. The van der Waals surface area contributed by atoms with Crippen molar-refractivity contribution < 1.29 is 64.1 Å². The minimum atomic E-state index is -4.34. The Morgan fingerprint density at radius 2 is 1.14 bits per heavy atom. The monoisotopic (exact) mass is 1270 g/mol. The minimum Gasteiger partial charge on any atom is -0.435 e. The average molecular weight is 1270 g/mol. The van der Waals surface area contributed by atoms with Crippen LogP contribution in [-0.2, 0) is 34.3 Å². The number of hydrogen-bond donors (Lipinski definition) is 3. The number of nitrogens with zero attached hydrogens (tertiary/aromatic N) is 11. The highest BCUT2D eigenvalue weighted by atomic mass is 28.3. The largest absolute Gasteiger partial charge is 0.435 e. The average Bonchev–Trinajstić information content (AvgIpc) is 1.67. The number of hydrogen-bond acceptors (Lipinski definition) is 14. The van der Waals surface area contributed by atoms with Gasteiger partial charge in [0.2, 0.25) is 5.91 Å². The molecular weight excluding hydrogens is 1190 g/mol. The summed E-state index contributed by atoms with van der Waals surface area (Å²) in [6, 6.07) is 10.6. The highest BCUT2D eigenvalue weighted by molar-refractivity contribution is 6.76. The second-order valence-corrected chi connectivity index (χ2v) is 37.2. The van der Waals surface area contributed by atoms with E-state index in [9.17, 15) is 45.1 Å². The molecule has 21 nitrogen and oxygen atoms in total. The molecule has 476 valence electrons. The molecule has 3 N–H and O–H groups in total. The maximum absolute atomic E-state index is 13.5. The van der Waals surface area contributed by atoms with Crippen molar-refractivity contribution in [3.8, 4) is 34.3 Å². The molecule has 0 bridgehead atoms. The predicted octanol–water partition coefficient (Wildman–Crippen LogP) is 11.0. The number of carbonyl (C=O) groups excluding carboxylic acids is 3. The fourth-order valence-electron chi connectivity index (χ4n) is 9.41. The summed E-state index contributed by atoms with van der Waals surface area (Å²) in [7, 11) is -2.60. The lowest BCUT2D eigenvalue weighted by Crippen LogP contribution is -2.51. The van der Waals surface area contributed by atoms with Gasteiger partial charge in [0.05, 0.1) is 41.1 Å². The molecule has 6 aromatic heterocycles. The van der Waals surface area contributed by atoms with Gasteiger partial charge in [0.15, 0.2) is 11.3 Å². The Morgan fingerprint density at radius 3 is 1.60 bits per heavy atom. The van der Waals surface area contributed by atoms with Crippen LogP contribution in [0.4, 0.5) is 30.7 Å². The van der Waals surface area contributed by atoms with E-state index in [-0.39, 0.29) is 97.9 Å². The Hall–Kier alpha value is -7.55. The molecule has 1 aliphatic heterocycles. The summed E-state index contributed by atoms with van der Waals surface area (Å²) < 4.78 is 116. The van der Waals surface area contributed by atoms with E-state index in [0.29, 0.717) is 68.8 Å². The number of H-pyrrole nitrogens is 1. The third-order valence-corrected chi connectivity index (χ3v) is 17.1. The van der Waals surface area contributed by atoms with E-state index < -0.39 is 53.2 Å². The van der Waals surface area contributed by atoms with Crippen molar-refractivity contribution in [2.45, 2.75) is 143 Å². The lowest BCUT2D eigenvalue weighted by molar-refractivity contribution is -0.152. The second-order valence-electron chi connectivity index (χ2n) is 26.0. The van der Waals surface area contributed by atoms with Crippen LogP contribution in [0.15, 0.2) is 61.2 Å². The topological polar surface area (TPSA) is 227 Å². The summed E-state index contributed by atoms with van der Waals surface area (Å²) in [4.78, 5) is 61.5. The van der Waals surface area contributed by atoms with E-state index in [0.717, 1.165) is 12.1 Å². The standard InChI is InChI=1S/C33H43F5N8O4Si.C25H32F2N6O3Si/c1-32(2,3)41-30(48)23-17-45(20-49-13-14-51(4,5)6)29-28(23)40-24(16-39-29)27-22-15-21(50-31(34)35)7-8-25(22)46(42-27)18-26(47)44-11-9-43(10-12-44)19-33(36,37)38;1-25(2,3)30-23(34)17-13-33(14-35-9-10-37(4,5)6)22-21(17)29-19(12-28-22)20-16-11-15(36-24(26)27)7-8-18(16)31-32-20/h7-8,15-17,31H,9-14,18-20H2,1-6H3,(H,41,48);7-8,11-13,24H,9-10,14H2,1-6H3,(H,30,34)(H,31,32). The Labute approximate surface area is 505 Å². The highest BCUT2D eigenvalue weighted by Crippen LogP contribution is 2.34. The number of alkyl halides is 7. The van der Waals surface area contributed by atoms with Crippen LogP contribution in [-0.4, -0.2) is 169 Å². The molecule has 1 fully saturated rings. The van der Waals surface area contributed by atoms with Crippen molar-refractivity contribution in [2.75, 3.05) is 45.9 Å². The van der Waals surface area contributed by atoms with Crippen molar-refractivity contribution in [3.63, 3.8) is 0 Å². The number of piperazine rings is 1. The van der Waals surface area contributed by atoms with Gasteiger partial charge in [-0.05, 0) is 90.0 Å². The van der Waals surface area contributed by atoms with Crippen LogP contribution in [0, 0.1) is 0 Å². The zero-order valence-corrected chi connectivity index (χ0v) is 53.3. The van der Waals surface area contributed by atoms with Crippen molar-refractivity contribution in [3.05, 3.63) is 72.3 Å². The Morgan fingerprint density at radius 1 is 0.659 bits per heavy atom. The maximum Gasteiger partial charge on any atom is 0.401 e. The van der Waals surface area contributed by atoms with Gasteiger partial charge in [-0.1, -0.05) is 39.3 Å². The highest BCUT2D eigenvalue weighted by Gasteiger charge is 2.34. The molecular formula is C58H75F7N14O7Si2. The van der Waals surface area contributed by atoms with E-state index in [1.54, 1.807) is 33.8 Å². The molecule has 0 aliphatic carbocycles. The molecule has 0 radical (unpaired) electrons. The van der Waals surface area contributed by atoms with Crippen LogP contribution in [0.3, 0.4) is 0 Å². The molecule has 0 saturated carbocycles. The SMILES string of the molecule is CC(C)(C)NC(=O)c1cn(COCC[Si](C)(C)C)c2ncc(-c3n[nH]c4ccc(OC(F)F)cc34)nc12.CC(C)(C)NC(=O)c1cn(COCC[Si](C)(C)C)c2ncc(-c3nn(CC(=O)N4CCN(CC(F)(F)F)CC4)c4ccc(OC(F)F)cc34)nc12. The van der Waals surface area contributed by atoms with Crippen LogP contribution in [0.5, 0.6) is 11.5 Å². The van der Waals surface area contributed by atoms with Crippen LogP contribution in [0.1, 0.15) is 62.3 Å². The van der Waals surface area contributed by atoms with Crippen molar-refractivity contribution >= 4 is 78.0 Å². The number of nitrogens with one attached hydrogen (secondary N) is 3. The van der Waals surface area contributed by atoms with E-state index >= 15 is 0 Å². The fraction of sp³-hybridized carbons (Fsp3) is 0.500. The summed E-state index contributed by atoms with van der Waals surface area (Å²) in [5, 5.41) is 18.6. The van der Waals surface area contributed by atoms with Crippen molar-refractivity contribution in [1.29, 1.82) is 0 Å². The fourth-order valence-corrected chi connectivity index (χ4v) is 10.9. The second kappa shape index (κ2) is 26.7. The quantitative estimate of drug-likeness (QED) is 0.0346. The first-order valence-corrected chi connectivity index (χ1v) is 36.0. The molecule has 30 heteroatoms. The molecule has 3 amide bonds. The molecule has 0 unspecified atom stereocenters. The Bertz CT molecular complexity index is 3780. The number of fused-ring (bicyclic) bond motifs is 4. The van der Waals surface area contributed by atoms with Gasteiger partial charge in [0, 0.05) is 89.8 Å². The first kappa shape index (κ1) is 66.4. The van der Waals surface area contributed by atoms with Gasteiger partial charge in [-0.25, -0.2) is 19.9 Å². The Kier molecular flexibility index (Phi) is 20.1. The molecule has 7 heterocycles. The van der Waals surface area contributed by atoms with Gasteiger partial charge in [-0.15, -0.1) is 0 Å². The third kappa shape index (κ3) is 17.8. The summed E-state index contributed by atoms with van der Waals surface area (Å²) in [6.07, 6.45) is 1.98. The third-order valence-electron chi connectivity index (χ3n) is 13.7. The van der Waals surface area contributed by atoms with Crippen LogP contribution < -0.4 is 20.1 Å². The molecule has 2 aromatic carbocycles. The number of carbonyl (C=O) groups is 3. The molecule has 1 saturated heterocycles. The van der Waals surface area contributed by atoms with Gasteiger partial charge in [-0.2, -0.15) is 40.9 Å². The van der Waals surface area contributed by atoms with E-state index in [4.69, 9.17) is 19.4 Å². The number of rotatable bonds is 21. The summed E-state index contributed by atoms with van der Waals surface area (Å²) in [5.41, 5.74) is 3.34. The number of ether oxygens (including phenoxy) is 4. The first-order valence-electron chi connectivity index (χ1n) is 28.6. The number of aromatic nitrogens is 10. The van der Waals surface area contributed by atoms with Gasteiger partial charge < -0.3 is 43.6 Å². The van der Waals surface area contributed by atoms with Crippen LogP contribution in [0.25, 0.3) is 66.9 Å². The maximum atomic E-state index is 13.5. The summed E-state index contributed by atoms with van der Waals surface area (Å²) >= 11 is 0. The number of aromatic amines is 1. The van der Waals surface area contributed by atoms with Gasteiger partial charge in [0.25, 0.3) is 11.8 Å². The number of benzene rings is 2. The number of amides is 3. The molecule has 9 rings (SSSR count). The van der Waals surface area contributed by atoms with Crippen LogP contribution in [0.2, 0.25) is 51.4 Å².